The normalized spacial score (nSPS) is 13.6. The van der Waals surface area contributed by atoms with E-state index in [2.05, 4.69) is 5.32 Å². The third-order valence-electron chi connectivity index (χ3n) is 2.03. The van der Waals surface area contributed by atoms with E-state index in [-0.39, 0.29) is 18.8 Å². The number of rotatable bonds is 4. The van der Waals surface area contributed by atoms with Crippen molar-refractivity contribution in [1.29, 1.82) is 0 Å². The third kappa shape index (κ3) is 3.39. The van der Waals surface area contributed by atoms with Crippen LogP contribution in [0.1, 0.15) is 5.56 Å². The number of aliphatic hydroxyl groups excluding tert-OH is 1. The van der Waals surface area contributed by atoms with Gasteiger partial charge in [-0.2, -0.15) is 13.2 Å². The van der Waals surface area contributed by atoms with Gasteiger partial charge in [-0.1, -0.05) is 12.1 Å². The van der Waals surface area contributed by atoms with E-state index in [1.54, 1.807) is 0 Å². The SMILES string of the molecule is NCC(O)CNc1ccccc1C(F)(F)F. The van der Waals surface area contributed by atoms with Gasteiger partial charge in [0.25, 0.3) is 0 Å². The second kappa shape index (κ2) is 5.18. The van der Waals surface area contributed by atoms with E-state index in [1.807, 2.05) is 0 Å². The number of alkyl halides is 3. The summed E-state index contributed by atoms with van der Waals surface area (Å²) in [5.41, 5.74) is 4.34. The average Bonchev–Trinajstić information content (AvgIpc) is 2.25. The Hall–Kier alpha value is -1.27. The summed E-state index contributed by atoms with van der Waals surface area (Å²) in [6, 6.07) is 5.10. The van der Waals surface area contributed by atoms with Crippen LogP contribution in [0.25, 0.3) is 0 Å². The Kier molecular flexibility index (Phi) is 4.14. The van der Waals surface area contributed by atoms with Crippen LogP contribution in [0.3, 0.4) is 0 Å². The van der Waals surface area contributed by atoms with Crippen molar-refractivity contribution in [1.82, 2.24) is 0 Å². The highest BCUT2D eigenvalue weighted by Gasteiger charge is 2.33. The molecule has 0 bridgehead atoms. The number of para-hydroxylation sites is 1. The van der Waals surface area contributed by atoms with Gasteiger partial charge in [0.1, 0.15) is 0 Å². The summed E-state index contributed by atoms with van der Waals surface area (Å²) >= 11 is 0. The maximum Gasteiger partial charge on any atom is 0.418 e. The summed E-state index contributed by atoms with van der Waals surface area (Å²) in [7, 11) is 0. The minimum atomic E-state index is -4.41. The molecule has 1 atom stereocenters. The summed E-state index contributed by atoms with van der Waals surface area (Å²) in [5.74, 6) is 0. The number of benzene rings is 1. The van der Waals surface area contributed by atoms with Crippen molar-refractivity contribution in [2.75, 3.05) is 18.4 Å². The van der Waals surface area contributed by atoms with Crippen molar-refractivity contribution in [3.63, 3.8) is 0 Å². The van der Waals surface area contributed by atoms with Crippen LogP contribution in [-0.2, 0) is 6.18 Å². The van der Waals surface area contributed by atoms with E-state index in [1.165, 1.54) is 18.2 Å². The molecule has 0 aliphatic rings. The molecule has 0 spiro atoms. The first-order chi connectivity index (χ1) is 7.45. The van der Waals surface area contributed by atoms with Crippen LogP contribution in [0.15, 0.2) is 24.3 Å². The highest BCUT2D eigenvalue weighted by molar-refractivity contribution is 5.52. The standard InChI is InChI=1S/C10H13F3N2O/c11-10(12,13)8-3-1-2-4-9(8)15-6-7(16)5-14/h1-4,7,15-16H,5-6,14H2. The Morgan fingerprint density at radius 1 is 1.31 bits per heavy atom. The quantitative estimate of drug-likeness (QED) is 0.738. The maximum atomic E-state index is 12.5. The summed E-state index contributed by atoms with van der Waals surface area (Å²) in [4.78, 5) is 0. The fraction of sp³-hybridized carbons (Fsp3) is 0.400. The van der Waals surface area contributed by atoms with E-state index < -0.39 is 17.8 Å². The first-order valence-electron chi connectivity index (χ1n) is 4.73. The van der Waals surface area contributed by atoms with Gasteiger partial charge in [-0.3, -0.25) is 0 Å². The summed E-state index contributed by atoms with van der Waals surface area (Å²) in [6.07, 6.45) is -5.27. The highest BCUT2D eigenvalue weighted by Crippen LogP contribution is 2.34. The number of aliphatic hydroxyl groups is 1. The molecule has 0 saturated heterocycles. The fourth-order valence-electron chi connectivity index (χ4n) is 1.20. The number of nitrogens with two attached hydrogens (primary N) is 1. The molecular formula is C10H13F3N2O. The van der Waals surface area contributed by atoms with Gasteiger partial charge < -0.3 is 16.2 Å². The lowest BCUT2D eigenvalue weighted by Crippen LogP contribution is -2.28. The second-order valence-electron chi connectivity index (χ2n) is 3.31. The summed E-state index contributed by atoms with van der Waals surface area (Å²) in [6.45, 7) is -0.00915. The smallest absolute Gasteiger partial charge is 0.390 e. The summed E-state index contributed by atoms with van der Waals surface area (Å²) in [5, 5.41) is 11.7. The van der Waals surface area contributed by atoms with Crippen molar-refractivity contribution in [2.24, 2.45) is 5.73 Å². The van der Waals surface area contributed by atoms with Crippen LogP contribution in [0, 0.1) is 0 Å². The van der Waals surface area contributed by atoms with Gasteiger partial charge in [0, 0.05) is 18.8 Å². The van der Waals surface area contributed by atoms with Gasteiger partial charge in [-0.15, -0.1) is 0 Å². The van der Waals surface area contributed by atoms with Crippen LogP contribution in [0.4, 0.5) is 18.9 Å². The Labute approximate surface area is 91.1 Å². The molecule has 0 fully saturated rings. The van der Waals surface area contributed by atoms with Gasteiger partial charge in [0.15, 0.2) is 0 Å². The van der Waals surface area contributed by atoms with Crippen LogP contribution in [-0.4, -0.2) is 24.3 Å². The number of hydrogen-bond acceptors (Lipinski definition) is 3. The van der Waals surface area contributed by atoms with Gasteiger partial charge in [0.2, 0.25) is 0 Å². The zero-order valence-corrected chi connectivity index (χ0v) is 8.46. The van der Waals surface area contributed by atoms with Crippen molar-refractivity contribution >= 4 is 5.69 Å². The molecule has 0 radical (unpaired) electrons. The van der Waals surface area contributed by atoms with Gasteiger partial charge >= 0.3 is 6.18 Å². The van der Waals surface area contributed by atoms with Gasteiger partial charge in [-0.25, -0.2) is 0 Å². The fourth-order valence-corrected chi connectivity index (χ4v) is 1.20. The first kappa shape index (κ1) is 12.8. The average molecular weight is 234 g/mol. The molecule has 4 N–H and O–H groups in total. The van der Waals surface area contributed by atoms with Crippen molar-refractivity contribution in [3.05, 3.63) is 29.8 Å². The molecule has 1 unspecified atom stereocenters. The number of anilines is 1. The van der Waals surface area contributed by atoms with Crippen LogP contribution >= 0.6 is 0 Å². The maximum absolute atomic E-state index is 12.5. The molecule has 16 heavy (non-hydrogen) atoms. The molecule has 0 aliphatic carbocycles. The topological polar surface area (TPSA) is 58.3 Å². The molecule has 0 amide bonds. The highest BCUT2D eigenvalue weighted by atomic mass is 19.4. The zero-order valence-electron chi connectivity index (χ0n) is 8.46. The Morgan fingerprint density at radius 2 is 1.94 bits per heavy atom. The third-order valence-corrected chi connectivity index (χ3v) is 2.03. The van der Waals surface area contributed by atoms with Crippen molar-refractivity contribution in [3.8, 4) is 0 Å². The molecule has 0 aliphatic heterocycles. The summed E-state index contributed by atoms with van der Waals surface area (Å²) < 4.78 is 37.6. The molecule has 6 heteroatoms. The number of halogens is 3. The minimum Gasteiger partial charge on any atom is -0.390 e. The lowest BCUT2D eigenvalue weighted by atomic mass is 10.1. The molecule has 90 valence electrons. The van der Waals surface area contributed by atoms with Crippen molar-refractivity contribution in [2.45, 2.75) is 12.3 Å². The lowest BCUT2D eigenvalue weighted by Gasteiger charge is -2.15. The predicted molar refractivity (Wildman–Crippen MR) is 55.0 cm³/mol. The van der Waals surface area contributed by atoms with Gasteiger partial charge in [-0.05, 0) is 12.1 Å². The van der Waals surface area contributed by atoms with E-state index in [4.69, 9.17) is 10.8 Å². The van der Waals surface area contributed by atoms with E-state index in [9.17, 15) is 13.2 Å². The van der Waals surface area contributed by atoms with Gasteiger partial charge in [0.05, 0.1) is 11.7 Å². The largest absolute Gasteiger partial charge is 0.418 e. The monoisotopic (exact) mass is 234 g/mol. The van der Waals surface area contributed by atoms with Crippen LogP contribution < -0.4 is 11.1 Å². The van der Waals surface area contributed by atoms with Crippen molar-refractivity contribution < 1.29 is 18.3 Å². The predicted octanol–water partition coefficient (Wildman–Crippen LogP) is 1.44. The lowest BCUT2D eigenvalue weighted by molar-refractivity contribution is -0.137. The molecule has 0 saturated carbocycles. The molecule has 1 rings (SSSR count). The Balaban J connectivity index is 2.80. The minimum absolute atomic E-state index is 0.00118. The second-order valence-corrected chi connectivity index (χ2v) is 3.31. The molecule has 0 heterocycles. The first-order valence-corrected chi connectivity index (χ1v) is 4.73. The molecule has 1 aromatic carbocycles. The Bertz CT molecular complexity index is 341. The van der Waals surface area contributed by atoms with E-state index >= 15 is 0 Å². The van der Waals surface area contributed by atoms with E-state index in [0.29, 0.717) is 0 Å². The molecule has 3 nitrogen and oxygen atoms in total. The number of nitrogens with one attached hydrogen (secondary N) is 1. The zero-order chi connectivity index (χ0) is 12.2. The molecule has 1 aromatic rings. The Morgan fingerprint density at radius 3 is 2.50 bits per heavy atom. The molecular weight excluding hydrogens is 221 g/mol. The van der Waals surface area contributed by atoms with Crippen LogP contribution in [0.2, 0.25) is 0 Å². The number of hydrogen-bond donors (Lipinski definition) is 3. The molecule has 0 aromatic heterocycles. The van der Waals surface area contributed by atoms with E-state index in [0.717, 1.165) is 6.07 Å². The van der Waals surface area contributed by atoms with Crippen LogP contribution in [0.5, 0.6) is 0 Å².